The van der Waals surface area contributed by atoms with Crippen LogP contribution in [0, 0.1) is 0 Å². The number of aromatic nitrogens is 4. The second-order valence-corrected chi connectivity index (χ2v) is 11.2. The van der Waals surface area contributed by atoms with Crippen LogP contribution in [0.1, 0.15) is 36.6 Å². The first-order chi connectivity index (χ1) is 24.2. The van der Waals surface area contributed by atoms with Gasteiger partial charge < -0.3 is 33.5 Å². The zero-order valence-corrected chi connectivity index (χ0v) is 32.5. The molecule has 0 amide bonds. The lowest BCUT2D eigenvalue weighted by Crippen LogP contribution is -2.05. The van der Waals surface area contributed by atoms with Gasteiger partial charge in [0.1, 0.15) is 16.3 Å². The van der Waals surface area contributed by atoms with Crippen molar-refractivity contribution in [1.29, 1.82) is 0 Å². The molecule has 0 aliphatic rings. The zero-order chi connectivity index (χ0) is 38.8. The van der Waals surface area contributed by atoms with E-state index in [4.69, 9.17) is 105 Å². The Kier molecular flexibility index (Phi) is 20.5. The Hall–Kier alpha value is -3.60. The maximum Gasteiger partial charge on any atom is 0.343 e. The van der Waals surface area contributed by atoms with Gasteiger partial charge in [0.2, 0.25) is 23.5 Å². The zero-order valence-electron chi connectivity index (χ0n) is 27.2. The molecule has 276 valence electrons. The predicted octanol–water partition coefficient (Wildman–Crippen LogP) is 7.81. The first-order valence-corrected chi connectivity index (χ1v) is 15.9. The van der Waals surface area contributed by atoms with Crippen molar-refractivity contribution in [3.63, 3.8) is 0 Å². The van der Waals surface area contributed by atoms with E-state index in [1.54, 1.807) is 0 Å². The number of aliphatic hydroxyl groups excluding tert-OH is 1. The fourth-order valence-corrected chi connectivity index (χ4v) is 4.21. The van der Waals surface area contributed by atoms with E-state index < -0.39 is 11.9 Å². The van der Waals surface area contributed by atoms with Crippen molar-refractivity contribution < 1.29 is 47.9 Å². The molecule has 0 aromatic carbocycles. The number of carbonyl (C=O) groups is 3. The highest BCUT2D eigenvalue weighted by Crippen LogP contribution is 2.28. The Balaban J connectivity index is 0.000000341. The van der Waals surface area contributed by atoms with Crippen LogP contribution in [-0.2, 0) is 16.1 Å². The fourth-order valence-electron chi connectivity index (χ4n) is 3.19. The van der Waals surface area contributed by atoms with Crippen molar-refractivity contribution >= 4 is 99.4 Å². The van der Waals surface area contributed by atoms with Crippen LogP contribution in [0.25, 0.3) is 0 Å². The molecule has 0 aliphatic heterocycles. The molecule has 51 heavy (non-hydrogen) atoms. The Morgan fingerprint density at radius 2 is 1.04 bits per heavy atom. The van der Waals surface area contributed by atoms with Gasteiger partial charge in [-0.05, 0) is 30.3 Å². The van der Waals surface area contributed by atoms with E-state index in [2.05, 4.69) is 29.4 Å². The smallest absolute Gasteiger partial charge is 0.343 e. The maximum absolute atomic E-state index is 11.2. The number of carbonyl (C=O) groups excluding carboxylic acids is 3. The minimum Gasteiger partial charge on any atom is -0.481 e. The van der Waals surface area contributed by atoms with Gasteiger partial charge in [0, 0.05) is 5.56 Å². The topological polar surface area (TPSA) is 178 Å². The lowest BCUT2D eigenvalue weighted by molar-refractivity contribution is 0.0587. The number of aldehydes is 1. The normalized spacial score (nSPS) is 9.69. The highest BCUT2D eigenvalue weighted by Gasteiger charge is 2.17. The van der Waals surface area contributed by atoms with Crippen molar-refractivity contribution in [2.24, 2.45) is 0 Å². The number of halogens is 7. The lowest BCUT2D eigenvalue weighted by Gasteiger charge is -2.06. The number of hydrogen-bond donors (Lipinski definition) is 1. The van der Waals surface area contributed by atoms with Crippen LogP contribution in [0.2, 0.25) is 35.7 Å². The summed E-state index contributed by atoms with van der Waals surface area (Å²) in [5.41, 5.74) is 1.21. The third-order valence-electron chi connectivity index (χ3n) is 5.50. The van der Waals surface area contributed by atoms with E-state index >= 15 is 0 Å². The molecule has 0 radical (unpaired) electrons. The maximum atomic E-state index is 11.2. The van der Waals surface area contributed by atoms with E-state index in [1.165, 1.54) is 73.0 Å². The van der Waals surface area contributed by atoms with Gasteiger partial charge in [-0.15, -0.1) is 0 Å². The molecule has 0 atom stereocenters. The predicted molar refractivity (Wildman–Crippen MR) is 192 cm³/mol. The summed E-state index contributed by atoms with van der Waals surface area (Å²) in [5.74, 6) is -0.342. The van der Waals surface area contributed by atoms with E-state index in [9.17, 15) is 14.4 Å². The Morgan fingerprint density at radius 1 is 0.608 bits per heavy atom. The van der Waals surface area contributed by atoms with Crippen molar-refractivity contribution in [1.82, 2.24) is 19.9 Å². The molecule has 4 aromatic heterocycles. The molecule has 14 nitrogen and oxygen atoms in total. The van der Waals surface area contributed by atoms with E-state index in [1.807, 2.05) is 0 Å². The van der Waals surface area contributed by atoms with Gasteiger partial charge in [-0.25, -0.2) is 14.6 Å². The van der Waals surface area contributed by atoms with Crippen molar-refractivity contribution in [3.8, 4) is 23.5 Å². The molecule has 4 heterocycles. The molecule has 0 unspecified atom stereocenters. The van der Waals surface area contributed by atoms with Gasteiger partial charge in [0.05, 0.1) is 69.9 Å². The van der Waals surface area contributed by atoms with Crippen LogP contribution in [0.5, 0.6) is 23.5 Å². The summed E-state index contributed by atoms with van der Waals surface area (Å²) in [5, 5.41) is 10.2. The number of rotatable bonds is 8. The summed E-state index contributed by atoms with van der Waals surface area (Å²) in [6.07, 6.45) is 0.605. The standard InChI is InChI=1S/C8H7Cl2NO3.C8H8ClNO3.C7H7Cl2NO2.C7H5Cl2NO2/c1-13-7-4(8(12)14-2)3-5(9)6(10)11-7;1-12-7-5(8(11)13-2)3-4-6(9)10-7;2*1-12-7-4(3-11)2-5(8)6(9)10-7/h3H,1-2H3;3-4H,1-2H3;2,11H,3H2,1H3;2-3H,1H3. The number of aliphatic hydroxyl groups is 1. The molecule has 0 fully saturated rings. The summed E-state index contributed by atoms with van der Waals surface area (Å²) in [6, 6.07) is 7.27. The van der Waals surface area contributed by atoms with Gasteiger partial charge in [0.15, 0.2) is 21.7 Å². The van der Waals surface area contributed by atoms with Crippen molar-refractivity contribution in [2.75, 3.05) is 42.7 Å². The minimum absolute atomic E-state index is 0.0798. The number of esters is 2. The third-order valence-corrected chi connectivity index (χ3v) is 7.73. The largest absolute Gasteiger partial charge is 0.481 e. The van der Waals surface area contributed by atoms with E-state index in [-0.39, 0.29) is 71.6 Å². The summed E-state index contributed by atoms with van der Waals surface area (Å²) in [6.45, 7) is -0.174. The molecule has 1 N–H and O–H groups in total. The number of pyridine rings is 4. The second-order valence-electron chi connectivity index (χ2n) is 8.56. The second kappa shape index (κ2) is 23.1. The average molecular weight is 852 g/mol. The van der Waals surface area contributed by atoms with Gasteiger partial charge in [-0.1, -0.05) is 81.2 Å². The van der Waals surface area contributed by atoms with Crippen LogP contribution in [-0.4, -0.2) is 85.9 Å². The number of nitrogens with zero attached hydrogens (tertiary/aromatic N) is 4. The number of ether oxygens (including phenoxy) is 6. The molecule has 0 saturated carbocycles. The summed E-state index contributed by atoms with van der Waals surface area (Å²) < 4.78 is 28.4. The first-order valence-electron chi connectivity index (χ1n) is 13.3. The molecule has 4 rings (SSSR count). The van der Waals surface area contributed by atoms with Crippen LogP contribution >= 0.6 is 81.2 Å². The molecule has 4 aromatic rings. The molecule has 21 heteroatoms. The van der Waals surface area contributed by atoms with E-state index in [0.717, 1.165) is 0 Å². The third kappa shape index (κ3) is 13.8. The summed E-state index contributed by atoms with van der Waals surface area (Å²) in [4.78, 5) is 47.9. The molecular weight excluding hydrogens is 825 g/mol. The molecule has 0 spiro atoms. The van der Waals surface area contributed by atoms with Crippen LogP contribution < -0.4 is 18.9 Å². The van der Waals surface area contributed by atoms with Gasteiger partial charge in [-0.3, -0.25) is 4.79 Å². The van der Waals surface area contributed by atoms with Crippen LogP contribution in [0.4, 0.5) is 0 Å². The van der Waals surface area contributed by atoms with E-state index in [0.29, 0.717) is 22.8 Å². The minimum atomic E-state index is -0.576. The van der Waals surface area contributed by atoms with Gasteiger partial charge in [0.25, 0.3) is 0 Å². The van der Waals surface area contributed by atoms with Crippen molar-refractivity contribution in [2.45, 2.75) is 6.61 Å². The SMILES string of the molecule is COC(=O)c1cc(Cl)c(Cl)nc1OC.COC(=O)c1ccc(Cl)nc1OC.COc1nc(Cl)c(Cl)cc1C=O.COc1nc(Cl)c(Cl)cc1CO. The fraction of sp³-hybridized carbons (Fsp3) is 0.233. The van der Waals surface area contributed by atoms with Gasteiger partial charge in [-0.2, -0.15) is 15.0 Å². The number of hydrogen-bond acceptors (Lipinski definition) is 14. The van der Waals surface area contributed by atoms with Crippen LogP contribution in [0.15, 0.2) is 30.3 Å². The highest BCUT2D eigenvalue weighted by molar-refractivity contribution is 6.42. The van der Waals surface area contributed by atoms with Gasteiger partial charge >= 0.3 is 11.9 Å². The lowest BCUT2D eigenvalue weighted by atomic mass is 10.3. The van der Waals surface area contributed by atoms with Crippen LogP contribution in [0.3, 0.4) is 0 Å². The average Bonchev–Trinajstić information content (AvgIpc) is 3.14. The Labute approximate surface area is 326 Å². The Morgan fingerprint density at radius 3 is 1.51 bits per heavy atom. The first kappa shape index (κ1) is 45.4. The number of methoxy groups -OCH3 is 6. The molecule has 0 aliphatic carbocycles. The Bertz CT molecular complexity index is 1790. The highest BCUT2D eigenvalue weighted by atomic mass is 35.5. The monoisotopic (exact) mass is 848 g/mol. The summed E-state index contributed by atoms with van der Waals surface area (Å²) >= 11 is 39.4. The van der Waals surface area contributed by atoms with Crippen molar-refractivity contribution in [3.05, 3.63) is 88.3 Å². The quantitative estimate of drug-likeness (QED) is 0.103. The molecular formula is C30H27Cl7N4O10. The summed E-state index contributed by atoms with van der Waals surface area (Å²) in [7, 11) is 8.18. The molecule has 0 saturated heterocycles. The molecule has 0 bridgehead atoms.